The highest BCUT2D eigenvalue weighted by Crippen LogP contribution is 2.08. The lowest BCUT2D eigenvalue weighted by molar-refractivity contribution is -0.139. The predicted octanol–water partition coefficient (Wildman–Crippen LogP) is 0.882. The lowest BCUT2D eigenvalue weighted by atomic mass is 10.1. The number of carbonyl (C=O) groups is 2. The molecule has 0 aromatic heterocycles. The molecule has 2 N–H and O–H groups in total. The molecular weight excluding hydrogens is 192 g/mol. The van der Waals surface area contributed by atoms with E-state index in [0.29, 0.717) is 18.6 Å². The molecule has 0 spiro atoms. The molecule has 0 rings (SSSR count). The molecule has 0 aromatic rings. The highest BCUT2D eigenvalue weighted by molar-refractivity contribution is 8.13. The monoisotopic (exact) mass is 206 g/mol. The second kappa shape index (κ2) is 6.91. The van der Waals surface area contributed by atoms with Crippen LogP contribution < -0.4 is 0 Å². The largest absolute Gasteiger partial charge is 0.481 e. The fourth-order valence-electron chi connectivity index (χ4n) is 0.838. The second-order valence-electron chi connectivity index (χ2n) is 2.73. The molecule has 0 fully saturated rings. The minimum absolute atomic E-state index is 0.0488. The number of aliphatic carboxylic acids is 1. The van der Waals surface area contributed by atoms with E-state index in [1.165, 1.54) is 18.7 Å². The van der Waals surface area contributed by atoms with Crippen molar-refractivity contribution in [3.63, 3.8) is 0 Å². The summed E-state index contributed by atoms with van der Waals surface area (Å²) in [6.07, 6.45) is 0.0979. The van der Waals surface area contributed by atoms with Gasteiger partial charge in [-0.05, 0) is 12.8 Å². The van der Waals surface area contributed by atoms with Crippen molar-refractivity contribution in [1.82, 2.24) is 0 Å². The van der Waals surface area contributed by atoms with Gasteiger partial charge in [0.15, 0.2) is 5.12 Å². The Balaban J connectivity index is 3.31. The first kappa shape index (κ1) is 12.4. The van der Waals surface area contributed by atoms with Crippen LogP contribution in [0.3, 0.4) is 0 Å². The third-order valence-corrected chi connectivity index (χ3v) is 2.30. The van der Waals surface area contributed by atoms with Crippen LogP contribution >= 0.6 is 11.8 Å². The van der Waals surface area contributed by atoms with Gasteiger partial charge in [0, 0.05) is 12.7 Å². The molecule has 0 amide bonds. The fourth-order valence-corrected chi connectivity index (χ4v) is 1.44. The molecule has 0 heterocycles. The molecule has 0 aliphatic rings. The van der Waals surface area contributed by atoms with Crippen molar-refractivity contribution >= 4 is 22.8 Å². The van der Waals surface area contributed by atoms with Crippen LogP contribution in [0.4, 0.5) is 0 Å². The highest BCUT2D eigenvalue weighted by atomic mass is 32.2. The van der Waals surface area contributed by atoms with E-state index in [0.717, 1.165) is 0 Å². The summed E-state index contributed by atoms with van der Waals surface area (Å²) >= 11 is 1.19. The number of hydrogen-bond acceptors (Lipinski definition) is 4. The Morgan fingerprint density at radius 1 is 1.46 bits per heavy atom. The van der Waals surface area contributed by atoms with E-state index in [4.69, 9.17) is 10.2 Å². The molecule has 0 radical (unpaired) electrons. The Bertz CT molecular complexity index is 181. The number of hydrogen-bond donors (Lipinski definition) is 2. The van der Waals surface area contributed by atoms with E-state index in [2.05, 4.69) is 0 Å². The van der Waals surface area contributed by atoms with Crippen molar-refractivity contribution in [2.45, 2.75) is 32.3 Å². The lowest BCUT2D eigenvalue weighted by Gasteiger charge is -2.05. The van der Waals surface area contributed by atoms with Crippen LogP contribution in [0.5, 0.6) is 0 Å². The van der Waals surface area contributed by atoms with Gasteiger partial charge in [-0.1, -0.05) is 11.8 Å². The standard InChI is InChI=1S/C8H14O4S/c1-6(9)13-4-2-3-7(10)5-8(11)12/h7,10H,2-5H2,1H3,(H,11,12). The van der Waals surface area contributed by atoms with Gasteiger partial charge in [-0.3, -0.25) is 9.59 Å². The number of aliphatic hydroxyl groups is 1. The Labute approximate surface area is 81.3 Å². The Morgan fingerprint density at radius 2 is 2.08 bits per heavy atom. The van der Waals surface area contributed by atoms with Gasteiger partial charge in [0.05, 0.1) is 12.5 Å². The molecule has 0 bridgehead atoms. The van der Waals surface area contributed by atoms with Gasteiger partial charge in [-0.15, -0.1) is 0 Å². The summed E-state index contributed by atoms with van der Waals surface area (Å²) in [7, 11) is 0. The van der Waals surface area contributed by atoms with Crippen molar-refractivity contribution in [2.24, 2.45) is 0 Å². The first-order valence-electron chi connectivity index (χ1n) is 4.05. The zero-order chi connectivity index (χ0) is 10.3. The Kier molecular flexibility index (Phi) is 6.62. The van der Waals surface area contributed by atoms with Crippen LogP contribution in [0, 0.1) is 0 Å². The first-order valence-corrected chi connectivity index (χ1v) is 5.04. The number of rotatable bonds is 6. The van der Waals surface area contributed by atoms with E-state index in [1.807, 2.05) is 0 Å². The summed E-state index contributed by atoms with van der Waals surface area (Å²) in [5, 5.41) is 17.5. The van der Waals surface area contributed by atoms with Crippen LogP contribution in [0.25, 0.3) is 0 Å². The van der Waals surface area contributed by atoms with Gasteiger partial charge in [0.2, 0.25) is 0 Å². The number of carboxylic acids is 1. The average Bonchev–Trinajstić information content (AvgIpc) is 1.96. The molecule has 76 valence electrons. The molecule has 1 unspecified atom stereocenters. The van der Waals surface area contributed by atoms with E-state index in [9.17, 15) is 9.59 Å². The first-order chi connectivity index (χ1) is 6.02. The SMILES string of the molecule is CC(=O)SCCCC(O)CC(=O)O. The maximum atomic E-state index is 10.5. The van der Waals surface area contributed by atoms with Crippen LogP contribution in [0.2, 0.25) is 0 Å². The normalized spacial score (nSPS) is 12.5. The maximum absolute atomic E-state index is 10.5. The molecule has 4 nitrogen and oxygen atoms in total. The topological polar surface area (TPSA) is 74.6 Å². The van der Waals surface area contributed by atoms with Crippen molar-refractivity contribution in [1.29, 1.82) is 0 Å². The quantitative estimate of drug-likeness (QED) is 0.631. The molecule has 5 heteroatoms. The van der Waals surface area contributed by atoms with Crippen molar-refractivity contribution in [2.75, 3.05) is 5.75 Å². The van der Waals surface area contributed by atoms with Gasteiger partial charge in [-0.2, -0.15) is 0 Å². The summed E-state index contributed by atoms with van der Waals surface area (Å²) in [5.41, 5.74) is 0. The lowest BCUT2D eigenvalue weighted by Crippen LogP contribution is -2.12. The summed E-state index contributed by atoms with van der Waals surface area (Å²) in [6.45, 7) is 1.48. The highest BCUT2D eigenvalue weighted by Gasteiger charge is 2.08. The predicted molar refractivity (Wildman–Crippen MR) is 50.6 cm³/mol. The second-order valence-corrected chi connectivity index (χ2v) is 4.01. The van der Waals surface area contributed by atoms with E-state index >= 15 is 0 Å². The molecule has 13 heavy (non-hydrogen) atoms. The van der Waals surface area contributed by atoms with E-state index in [1.54, 1.807) is 0 Å². The molecular formula is C8H14O4S. The summed E-state index contributed by atoms with van der Waals surface area (Å²) in [5.74, 6) is -0.349. The molecule has 0 aliphatic heterocycles. The van der Waals surface area contributed by atoms with Crippen LogP contribution in [-0.4, -0.2) is 33.2 Å². The average molecular weight is 206 g/mol. The van der Waals surface area contributed by atoms with Crippen molar-refractivity contribution < 1.29 is 19.8 Å². The minimum Gasteiger partial charge on any atom is -0.481 e. The van der Waals surface area contributed by atoms with Gasteiger partial charge < -0.3 is 10.2 Å². The van der Waals surface area contributed by atoms with Crippen LogP contribution in [0.1, 0.15) is 26.2 Å². The number of aliphatic hydroxyl groups excluding tert-OH is 1. The van der Waals surface area contributed by atoms with Gasteiger partial charge in [0.1, 0.15) is 0 Å². The minimum atomic E-state index is -0.994. The summed E-state index contributed by atoms with van der Waals surface area (Å²) in [6, 6.07) is 0. The van der Waals surface area contributed by atoms with Gasteiger partial charge in [0.25, 0.3) is 0 Å². The smallest absolute Gasteiger partial charge is 0.305 e. The van der Waals surface area contributed by atoms with E-state index in [-0.39, 0.29) is 11.5 Å². The van der Waals surface area contributed by atoms with E-state index < -0.39 is 12.1 Å². The molecule has 0 aliphatic carbocycles. The van der Waals surface area contributed by atoms with Crippen LogP contribution in [-0.2, 0) is 9.59 Å². The Morgan fingerprint density at radius 3 is 2.54 bits per heavy atom. The van der Waals surface area contributed by atoms with Crippen molar-refractivity contribution in [3.8, 4) is 0 Å². The number of carboxylic acid groups (broad SMARTS) is 1. The van der Waals surface area contributed by atoms with Gasteiger partial charge in [-0.25, -0.2) is 0 Å². The number of thioether (sulfide) groups is 1. The molecule has 1 atom stereocenters. The third kappa shape index (κ3) is 9.36. The third-order valence-electron chi connectivity index (χ3n) is 1.40. The molecule has 0 saturated carbocycles. The zero-order valence-corrected chi connectivity index (χ0v) is 8.34. The molecule has 0 aromatic carbocycles. The zero-order valence-electron chi connectivity index (χ0n) is 7.52. The Hall–Kier alpha value is -0.550. The summed E-state index contributed by atoms with van der Waals surface area (Å²) < 4.78 is 0. The van der Waals surface area contributed by atoms with Gasteiger partial charge >= 0.3 is 5.97 Å². The number of carbonyl (C=O) groups excluding carboxylic acids is 1. The fraction of sp³-hybridized carbons (Fsp3) is 0.750. The maximum Gasteiger partial charge on any atom is 0.305 e. The van der Waals surface area contributed by atoms with Crippen molar-refractivity contribution in [3.05, 3.63) is 0 Å². The summed E-state index contributed by atoms with van der Waals surface area (Å²) in [4.78, 5) is 20.6. The molecule has 0 saturated heterocycles. The van der Waals surface area contributed by atoms with Crippen LogP contribution in [0.15, 0.2) is 0 Å².